The SMILES string of the molecule is [CH]Cc1c(C)ccnc1C. The summed E-state index contributed by atoms with van der Waals surface area (Å²) in [5.74, 6) is 0. The first-order valence-corrected chi connectivity index (χ1v) is 3.37. The Hall–Kier alpha value is -0.850. The van der Waals surface area contributed by atoms with Crippen LogP contribution in [0, 0.1) is 20.8 Å². The molecular formula is C9H11N. The molecule has 0 saturated carbocycles. The molecule has 0 fully saturated rings. The van der Waals surface area contributed by atoms with Gasteiger partial charge in [0.2, 0.25) is 0 Å². The van der Waals surface area contributed by atoms with Gasteiger partial charge in [-0.05, 0) is 44.4 Å². The Morgan fingerprint density at radius 2 is 2.20 bits per heavy atom. The first kappa shape index (κ1) is 7.26. The first-order valence-electron chi connectivity index (χ1n) is 3.37. The van der Waals surface area contributed by atoms with Gasteiger partial charge in [0.15, 0.2) is 0 Å². The van der Waals surface area contributed by atoms with Gasteiger partial charge in [-0.25, -0.2) is 0 Å². The molecule has 0 amide bonds. The quantitative estimate of drug-likeness (QED) is 0.570. The average Bonchev–Trinajstić information content (AvgIpc) is 1.88. The van der Waals surface area contributed by atoms with Crippen LogP contribution in [0.4, 0.5) is 0 Å². The number of aromatic nitrogens is 1. The van der Waals surface area contributed by atoms with E-state index in [9.17, 15) is 0 Å². The predicted octanol–water partition coefficient (Wildman–Crippen LogP) is 1.95. The maximum atomic E-state index is 5.51. The van der Waals surface area contributed by atoms with Gasteiger partial charge in [0.25, 0.3) is 0 Å². The summed E-state index contributed by atoms with van der Waals surface area (Å²) >= 11 is 0. The fourth-order valence-electron chi connectivity index (χ4n) is 1.03. The lowest BCUT2D eigenvalue weighted by Gasteiger charge is -2.03. The minimum atomic E-state index is 0.589. The molecule has 1 heteroatoms. The van der Waals surface area contributed by atoms with Gasteiger partial charge < -0.3 is 0 Å². The van der Waals surface area contributed by atoms with Gasteiger partial charge in [-0.2, -0.15) is 0 Å². The van der Waals surface area contributed by atoms with E-state index in [0.717, 1.165) is 5.69 Å². The molecule has 1 rings (SSSR count). The van der Waals surface area contributed by atoms with Crippen molar-refractivity contribution >= 4 is 0 Å². The van der Waals surface area contributed by atoms with Crippen LogP contribution in [-0.4, -0.2) is 4.98 Å². The summed E-state index contributed by atoms with van der Waals surface area (Å²) in [6.45, 7) is 9.55. The third-order valence-electron chi connectivity index (χ3n) is 1.71. The molecule has 1 heterocycles. The fraction of sp³-hybridized carbons (Fsp3) is 0.333. The summed E-state index contributed by atoms with van der Waals surface area (Å²) in [6.07, 6.45) is 2.40. The molecule has 10 heavy (non-hydrogen) atoms. The number of aryl methyl sites for hydroxylation is 2. The zero-order valence-corrected chi connectivity index (χ0v) is 6.39. The Bertz CT molecular complexity index is 208. The molecule has 52 valence electrons. The van der Waals surface area contributed by atoms with Crippen LogP contribution >= 0.6 is 0 Å². The van der Waals surface area contributed by atoms with Crippen molar-refractivity contribution in [2.75, 3.05) is 0 Å². The van der Waals surface area contributed by atoms with Gasteiger partial charge in [-0.15, -0.1) is 0 Å². The highest BCUT2D eigenvalue weighted by Crippen LogP contribution is 2.09. The maximum Gasteiger partial charge on any atom is 0.0407 e. The van der Waals surface area contributed by atoms with E-state index in [0.29, 0.717) is 6.42 Å². The van der Waals surface area contributed by atoms with E-state index in [1.807, 2.05) is 19.2 Å². The van der Waals surface area contributed by atoms with Gasteiger partial charge in [0.1, 0.15) is 0 Å². The highest BCUT2D eigenvalue weighted by molar-refractivity contribution is 5.28. The molecule has 1 aromatic rings. The fourth-order valence-corrected chi connectivity index (χ4v) is 1.03. The van der Waals surface area contributed by atoms with Crippen molar-refractivity contribution in [3.05, 3.63) is 36.0 Å². The van der Waals surface area contributed by atoms with Crippen LogP contribution < -0.4 is 0 Å². The molecule has 1 aromatic heterocycles. The molecule has 0 aliphatic rings. The van der Waals surface area contributed by atoms with Gasteiger partial charge in [0.05, 0.1) is 0 Å². The number of pyridine rings is 1. The third-order valence-corrected chi connectivity index (χ3v) is 1.71. The highest BCUT2D eigenvalue weighted by atomic mass is 14.7. The molecule has 0 spiro atoms. The molecule has 2 radical (unpaired) electrons. The largest absolute Gasteiger partial charge is 0.261 e. The van der Waals surface area contributed by atoms with Crippen molar-refractivity contribution < 1.29 is 0 Å². The van der Waals surface area contributed by atoms with E-state index in [4.69, 9.17) is 6.92 Å². The summed E-state index contributed by atoms with van der Waals surface area (Å²) < 4.78 is 0. The van der Waals surface area contributed by atoms with Crippen LogP contribution in [0.2, 0.25) is 0 Å². The predicted molar refractivity (Wildman–Crippen MR) is 41.7 cm³/mol. The van der Waals surface area contributed by atoms with Crippen LogP contribution in [-0.2, 0) is 6.42 Å². The summed E-state index contributed by atoms with van der Waals surface area (Å²) in [6, 6.07) is 1.98. The molecular weight excluding hydrogens is 122 g/mol. The summed E-state index contributed by atoms with van der Waals surface area (Å²) in [5.41, 5.74) is 3.44. The lowest BCUT2D eigenvalue weighted by atomic mass is 10.1. The van der Waals surface area contributed by atoms with Crippen LogP contribution in [0.15, 0.2) is 12.3 Å². The first-order chi connectivity index (χ1) is 4.75. The van der Waals surface area contributed by atoms with Crippen LogP contribution in [0.1, 0.15) is 16.8 Å². The van der Waals surface area contributed by atoms with Crippen LogP contribution in [0.5, 0.6) is 0 Å². The second-order valence-corrected chi connectivity index (χ2v) is 2.40. The maximum absolute atomic E-state index is 5.51. The van der Waals surface area contributed by atoms with E-state index < -0.39 is 0 Å². The third kappa shape index (κ3) is 1.18. The van der Waals surface area contributed by atoms with Gasteiger partial charge in [-0.1, -0.05) is 0 Å². The lowest BCUT2D eigenvalue weighted by molar-refractivity contribution is 1.07. The Morgan fingerprint density at radius 1 is 1.50 bits per heavy atom. The zero-order chi connectivity index (χ0) is 7.56. The van der Waals surface area contributed by atoms with Crippen LogP contribution in [0.3, 0.4) is 0 Å². The van der Waals surface area contributed by atoms with Crippen molar-refractivity contribution in [1.29, 1.82) is 0 Å². The topological polar surface area (TPSA) is 12.9 Å². The molecule has 0 N–H and O–H groups in total. The number of hydrogen-bond acceptors (Lipinski definition) is 1. The zero-order valence-electron chi connectivity index (χ0n) is 6.39. The van der Waals surface area contributed by atoms with Crippen molar-refractivity contribution in [3.8, 4) is 0 Å². The summed E-state index contributed by atoms with van der Waals surface area (Å²) in [5, 5.41) is 0. The molecule has 0 unspecified atom stereocenters. The van der Waals surface area contributed by atoms with E-state index in [1.54, 1.807) is 0 Å². The Kier molecular flexibility index (Phi) is 2.05. The second kappa shape index (κ2) is 2.82. The molecule has 0 aromatic carbocycles. The van der Waals surface area contributed by atoms with E-state index >= 15 is 0 Å². The van der Waals surface area contributed by atoms with Crippen molar-refractivity contribution in [1.82, 2.24) is 4.98 Å². The van der Waals surface area contributed by atoms with E-state index in [1.165, 1.54) is 11.1 Å². The van der Waals surface area contributed by atoms with Gasteiger partial charge in [0, 0.05) is 11.9 Å². The molecule has 1 nitrogen and oxygen atoms in total. The summed E-state index contributed by atoms with van der Waals surface area (Å²) in [4.78, 5) is 4.13. The molecule has 0 bridgehead atoms. The molecule has 0 aliphatic carbocycles. The van der Waals surface area contributed by atoms with E-state index in [2.05, 4.69) is 11.9 Å². The normalized spacial score (nSPS) is 9.90. The van der Waals surface area contributed by atoms with Gasteiger partial charge >= 0.3 is 0 Å². The number of rotatable bonds is 1. The van der Waals surface area contributed by atoms with Crippen molar-refractivity contribution in [2.45, 2.75) is 20.3 Å². The van der Waals surface area contributed by atoms with Crippen LogP contribution in [0.25, 0.3) is 0 Å². The number of nitrogens with zero attached hydrogens (tertiary/aromatic N) is 1. The van der Waals surface area contributed by atoms with Crippen molar-refractivity contribution in [3.63, 3.8) is 0 Å². The molecule has 0 aliphatic heterocycles. The Labute approximate surface area is 62.1 Å². The Balaban J connectivity index is 3.17. The second-order valence-electron chi connectivity index (χ2n) is 2.40. The minimum Gasteiger partial charge on any atom is -0.261 e. The average molecular weight is 133 g/mol. The lowest BCUT2D eigenvalue weighted by Crippen LogP contribution is -1.93. The monoisotopic (exact) mass is 133 g/mol. The number of hydrogen-bond donors (Lipinski definition) is 0. The molecule has 0 saturated heterocycles. The minimum absolute atomic E-state index is 0.589. The molecule has 0 atom stereocenters. The van der Waals surface area contributed by atoms with Crippen molar-refractivity contribution in [2.24, 2.45) is 0 Å². The smallest absolute Gasteiger partial charge is 0.0407 e. The van der Waals surface area contributed by atoms with E-state index in [-0.39, 0.29) is 0 Å². The van der Waals surface area contributed by atoms with Gasteiger partial charge in [-0.3, -0.25) is 4.98 Å². The highest BCUT2D eigenvalue weighted by Gasteiger charge is 1.98. The summed E-state index contributed by atoms with van der Waals surface area (Å²) in [7, 11) is 0. The standard InChI is InChI=1S/C9H11N/c1-4-9-7(2)5-6-10-8(9)3/h1,5-6H,4H2,2-3H3. The Morgan fingerprint density at radius 3 is 2.60 bits per heavy atom.